The van der Waals surface area contributed by atoms with Gasteiger partial charge in [0.1, 0.15) is 0 Å². The Labute approximate surface area is 130 Å². The molecular weight excluding hydrogens is 298 g/mol. The number of nitrogens with one attached hydrogen (secondary N) is 1. The van der Waals surface area contributed by atoms with Crippen LogP contribution in [0.1, 0.15) is 18.1 Å². The molecule has 0 bridgehead atoms. The number of carbonyl (C=O) groups excluding carboxylic acids is 1. The number of halogens is 1. The van der Waals surface area contributed by atoms with Crippen LogP contribution in [0.3, 0.4) is 0 Å². The Kier molecular flexibility index (Phi) is 6.58. The molecule has 1 aliphatic heterocycles. The summed E-state index contributed by atoms with van der Waals surface area (Å²) in [5.74, 6) is 1.24. The number of fused-ring (bicyclic) bond motifs is 1. The quantitative estimate of drug-likeness (QED) is 0.679. The van der Waals surface area contributed by atoms with Crippen molar-refractivity contribution in [3.63, 3.8) is 0 Å². The zero-order chi connectivity index (χ0) is 14.5. The van der Waals surface area contributed by atoms with Crippen LogP contribution in [-0.2, 0) is 17.7 Å². The van der Waals surface area contributed by atoms with E-state index < -0.39 is 6.16 Å². The first-order valence-corrected chi connectivity index (χ1v) is 6.53. The molecular formula is C14H20ClNO5. The Morgan fingerprint density at radius 1 is 1.29 bits per heavy atom. The molecule has 0 aromatic heterocycles. The molecule has 6 nitrogen and oxygen atoms in total. The van der Waals surface area contributed by atoms with Gasteiger partial charge in [0.2, 0.25) is 5.75 Å². The minimum atomic E-state index is -0.771. The van der Waals surface area contributed by atoms with Crippen molar-refractivity contribution < 1.29 is 23.7 Å². The lowest BCUT2D eigenvalue weighted by atomic mass is 9.99. The smallest absolute Gasteiger partial charge is 0.493 e. The first-order chi connectivity index (χ1) is 9.71. The SMILES string of the molecule is CCOC(=O)Oc1c(OC)cc2c(c1OC)CNCC2.Cl. The summed E-state index contributed by atoms with van der Waals surface area (Å²) in [5, 5.41) is 3.27. The van der Waals surface area contributed by atoms with Gasteiger partial charge in [0.15, 0.2) is 11.5 Å². The maximum absolute atomic E-state index is 11.5. The topological polar surface area (TPSA) is 66.0 Å². The van der Waals surface area contributed by atoms with Gasteiger partial charge in [-0.3, -0.25) is 0 Å². The van der Waals surface area contributed by atoms with Gasteiger partial charge in [-0.25, -0.2) is 4.79 Å². The van der Waals surface area contributed by atoms with E-state index in [1.807, 2.05) is 6.07 Å². The van der Waals surface area contributed by atoms with E-state index >= 15 is 0 Å². The van der Waals surface area contributed by atoms with Gasteiger partial charge in [-0.15, -0.1) is 12.4 Å². The second-order valence-corrected chi connectivity index (χ2v) is 4.29. The molecule has 1 aromatic carbocycles. The molecule has 0 saturated heterocycles. The molecule has 0 aliphatic carbocycles. The molecule has 0 saturated carbocycles. The third-order valence-electron chi connectivity index (χ3n) is 3.14. The summed E-state index contributed by atoms with van der Waals surface area (Å²) < 4.78 is 20.7. The molecule has 0 fully saturated rings. The van der Waals surface area contributed by atoms with Crippen LogP contribution >= 0.6 is 12.4 Å². The fourth-order valence-electron chi connectivity index (χ4n) is 2.25. The van der Waals surface area contributed by atoms with Crippen LogP contribution in [0.25, 0.3) is 0 Å². The molecule has 1 N–H and O–H groups in total. The van der Waals surface area contributed by atoms with Gasteiger partial charge >= 0.3 is 6.16 Å². The predicted molar refractivity (Wildman–Crippen MR) is 79.9 cm³/mol. The average Bonchev–Trinajstić information content (AvgIpc) is 2.46. The lowest BCUT2D eigenvalue weighted by Crippen LogP contribution is -2.24. The maximum Gasteiger partial charge on any atom is 0.514 e. The first-order valence-electron chi connectivity index (χ1n) is 6.53. The second-order valence-electron chi connectivity index (χ2n) is 4.29. The molecule has 0 atom stereocenters. The third kappa shape index (κ3) is 3.71. The zero-order valence-corrected chi connectivity index (χ0v) is 13.2. The Morgan fingerprint density at radius 3 is 2.67 bits per heavy atom. The number of carbonyl (C=O) groups is 1. The van der Waals surface area contributed by atoms with Crippen LogP contribution in [0.2, 0.25) is 0 Å². The normalized spacial score (nSPS) is 12.7. The number of methoxy groups -OCH3 is 2. The van der Waals surface area contributed by atoms with Crippen LogP contribution < -0.4 is 19.5 Å². The van der Waals surface area contributed by atoms with Crippen LogP contribution in [0.15, 0.2) is 6.07 Å². The maximum atomic E-state index is 11.5. The minimum Gasteiger partial charge on any atom is -0.493 e. The molecule has 0 amide bonds. The van der Waals surface area contributed by atoms with Crippen LogP contribution in [0, 0.1) is 0 Å². The van der Waals surface area contributed by atoms with E-state index in [4.69, 9.17) is 18.9 Å². The molecule has 1 heterocycles. The Bertz CT molecular complexity index is 507. The number of rotatable bonds is 4. The number of hydrogen-bond donors (Lipinski definition) is 1. The summed E-state index contributed by atoms with van der Waals surface area (Å²) in [7, 11) is 3.07. The van der Waals surface area contributed by atoms with E-state index in [0.29, 0.717) is 18.0 Å². The summed E-state index contributed by atoms with van der Waals surface area (Å²) in [4.78, 5) is 11.5. The lowest BCUT2D eigenvalue weighted by Gasteiger charge is -2.23. The predicted octanol–water partition coefficient (Wildman–Crippen LogP) is 2.31. The highest BCUT2D eigenvalue weighted by molar-refractivity contribution is 5.85. The van der Waals surface area contributed by atoms with Crippen molar-refractivity contribution in [3.8, 4) is 17.2 Å². The molecule has 0 spiro atoms. The molecule has 0 unspecified atom stereocenters. The van der Waals surface area contributed by atoms with E-state index in [2.05, 4.69) is 5.32 Å². The molecule has 1 aliphatic rings. The van der Waals surface area contributed by atoms with Gasteiger partial charge in [-0.2, -0.15) is 0 Å². The van der Waals surface area contributed by atoms with Crippen molar-refractivity contribution in [3.05, 3.63) is 17.2 Å². The first kappa shape index (κ1) is 17.4. The van der Waals surface area contributed by atoms with Crippen molar-refractivity contribution in [2.45, 2.75) is 19.9 Å². The van der Waals surface area contributed by atoms with Gasteiger partial charge < -0.3 is 24.3 Å². The van der Waals surface area contributed by atoms with Gasteiger partial charge in [0, 0.05) is 12.1 Å². The fourth-order valence-corrected chi connectivity index (χ4v) is 2.25. The van der Waals surface area contributed by atoms with Gasteiger partial charge in [0.25, 0.3) is 0 Å². The Hall–Kier alpha value is -1.66. The highest BCUT2D eigenvalue weighted by Gasteiger charge is 2.24. The summed E-state index contributed by atoms with van der Waals surface area (Å²) in [6, 6.07) is 1.88. The highest BCUT2D eigenvalue weighted by Crippen LogP contribution is 2.43. The van der Waals surface area contributed by atoms with E-state index in [1.54, 1.807) is 14.0 Å². The monoisotopic (exact) mass is 317 g/mol. The average molecular weight is 318 g/mol. The summed E-state index contributed by atoms with van der Waals surface area (Å²) in [6.07, 6.45) is 0.106. The van der Waals surface area contributed by atoms with Crippen molar-refractivity contribution in [2.75, 3.05) is 27.4 Å². The molecule has 7 heteroatoms. The van der Waals surface area contributed by atoms with Gasteiger partial charge in [-0.05, 0) is 31.5 Å². The van der Waals surface area contributed by atoms with E-state index in [9.17, 15) is 4.79 Å². The van der Waals surface area contributed by atoms with Gasteiger partial charge in [0.05, 0.1) is 20.8 Å². The molecule has 1 aromatic rings. The van der Waals surface area contributed by atoms with Crippen LogP contribution in [-0.4, -0.2) is 33.5 Å². The second kappa shape index (κ2) is 7.95. The molecule has 2 rings (SSSR count). The lowest BCUT2D eigenvalue weighted by molar-refractivity contribution is 0.101. The molecule has 118 valence electrons. The minimum absolute atomic E-state index is 0. The van der Waals surface area contributed by atoms with Crippen LogP contribution in [0.5, 0.6) is 17.2 Å². The third-order valence-corrected chi connectivity index (χ3v) is 3.14. The largest absolute Gasteiger partial charge is 0.514 e. The highest BCUT2D eigenvalue weighted by atomic mass is 35.5. The van der Waals surface area contributed by atoms with E-state index in [0.717, 1.165) is 24.1 Å². The molecule has 21 heavy (non-hydrogen) atoms. The van der Waals surface area contributed by atoms with Crippen molar-refractivity contribution in [2.24, 2.45) is 0 Å². The van der Waals surface area contributed by atoms with E-state index in [-0.39, 0.29) is 24.8 Å². The van der Waals surface area contributed by atoms with Crippen molar-refractivity contribution in [1.29, 1.82) is 0 Å². The summed E-state index contributed by atoms with van der Waals surface area (Å²) >= 11 is 0. The van der Waals surface area contributed by atoms with E-state index in [1.165, 1.54) is 7.11 Å². The van der Waals surface area contributed by atoms with Crippen molar-refractivity contribution >= 4 is 18.6 Å². The number of benzene rings is 1. The van der Waals surface area contributed by atoms with Crippen LogP contribution in [0.4, 0.5) is 4.79 Å². The summed E-state index contributed by atoms with van der Waals surface area (Å²) in [5.41, 5.74) is 2.12. The van der Waals surface area contributed by atoms with Crippen molar-refractivity contribution in [1.82, 2.24) is 5.32 Å². The fraction of sp³-hybridized carbons (Fsp3) is 0.500. The Morgan fingerprint density at radius 2 is 2.05 bits per heavy atom. The number of hydrogen-bond acceptors (Lipinski definition) is 6. The standard InChI is InChI=1S/C14H19NO5.ClH/c1-4-19-14(16)20-13-11(17-2)7-9-5-6-15-8-10(9)12(13)18-3;/h7,15H,4-6,8H2,1-3H3;1H. The zero-order valence-electron chi connectivity index (χ0n) is 12.4. The summed E-state index contributed by atoms with van der Waals surface area (Å²) in [6.45, 7) is 3.53. The molecule has 0 radical (unpaired) electrons. The Balaban J connectivity index is 0.00000220. The van der Waals surface area contributed by atoms with Gasteiger partial charge in [-0.1, -0.05) is 0 Å². The number of ether oxygens (including phenoxy) is 4.